The second kappa shape index (κ2) is 10.1. The summed E-state index contributed by atoms with van der Waals surface area (Å²) in [6, 6.07) is 0.586. The number of unbranched alkanes of at least 4 members (excludes halogenated alkanes) is 1. The minimum Gasteiger partial charge on any atom is -0.354 e. The molecule has 3 fully saturated rings. The number of hydrogen-bond acceptors (Lipinski definition) is 5. The molecule has 0 saturated carbocycles. The number of aromatic nitrogens is 4. The summed E-state index contributed by atoms with van der Waals surface area (Å²) in [6.45, 7) is 11.0. The Bertz CT molecular complexity index is 740. The Morgan fingerprint density at radius 1 is 1.18 bits per heavy atom. The third-order valence-corrected chi connectivity index (χ3v) is 5.74. The van der Waals surface area contributed by atoms with Gasteiger partial charge >= 0.3 is 0 Å². The van der Waals surface area contributed by atoms with Crippen LogP contribution in [0.5, 0.6) is 0 Å². The van der Waals surface area contributed by atoms with Gasteiger partial charge in [0.2, 0.25) is 0 Å². The Hall–Kier alpha value is -1.11. The highest BCUT2D eigenvalue weighted by molar-refractivity contribution is 5.90. The molecule has 28 heavy (non-hydrogen) atoms. The topological polar surface area (TPSA) is 58.9 Å². The molecule has 158 valence electrons. The number of rotatable bonds is 6. The fraction of sp³-hybridized carbons (Fsp3) is 0.750. The molecule has 2 aromatic rings. The predicted octanol–water partition coefficient (Wildman–Crippen LogP) is 3.86. The van der Waals surface area contributed by atoms with Gasteiger partial charge in [0.05, 0.1) is 11.1 Å². The molecule has 0 unspecified atom stereocenters. The smallest absolute Gasteiger partial charge is 0.163 e. The van der Waals surface area contributed by atoms with Crippen molar-refractivity contribution in [1.82, 2.24) is 25.1 Å². The number of fused-ring (bicyclic) bond motifs is 5. The van der Waals surface area contributed by atoms with Crippen LogP contribution in [0.3, 0.4) is 0 Å². The molecule has 5 heterocycles. The first-order valence-electron chi connectivity index (χ1n) is 10.3. The van der Waals surface area contributed by atoms with Crippen molar-refractivity contribution < 1.29 is 0 Å². The number of nitrogens with one attached hydrogen (secondary N) is 1. The maximum Gasteiger partial charge on any atom is 0.163 e. The van der Waals surface area contributed by atoms with E-state index in [1.54, 1.807) is 6.33 Å². The number of aryl methyl sites for hydroxylation is 1. The minimum absolute atomic E-state index is 0. The Balaban J connectivity index is 0.00000140. The molecule has 3 aliphatic rings. The van der Waals surface area contributed by atoms with Gasteiger partial charge in [-0.1, -0.05) is 27.2 Å². The van der Waals surface area contributed by atoms with Gasteiger partial charge in [-0.25, -0.2) is 14.6 Å². The molecule has 0 amide bonds. The summed E-state index contributed by atoms with van der Waals surface area (Å²) >= 11 is 0. The molecule has 0 radical (unpaired) electrons. The third kappa shape index (κ3) is 4.71. The number of hydrogen-bond donors (Lipinski definition) is 1. The lowest BCUT2D eigenvalue weighted by atomic mass is 9.97. The van der Waals surface area contributed by atoms with Crippen LogP contribution in [0.2, 0.25) is 0 Å². The van der Waals surface area contributed by atoms with Crippen LogP contribution in [0.15, 0.2) is 6.33 Å². The van der Waals surface area contributed by atoms with E-state index in [0.29, 0.717) is 12.0 Å². The second-order valence-electron chi connectivity index (χ2n) is 8.47. The number of halogens is 2. The summed E-state index contributed by atoms with van der Waals surface area (Å²) in [5.74, 6) is 2.40. The van der Waals surface area contributed by atoms with Crippen molar-refractivity contribution >= 4 is 41.7 Å². The van der Waals surface area contributed by atoms with Crippen molar-refractivity contribution in [3.8, 4) is 0 Å². The highest BCUT2D eigenvalue weighted by Crippen LogP contribution is 2.32. The first kappa shape index (κ1) is 23.2. The highest BCUT2D eigenvalue weighted by Gasteiger charge is 2.31. The fourth-order valence-corrected chi connectivity index (χ4v) is 4.41. The van der Waals surface area contributed by atoms with Crippen LogP contribution in [-0.4, -0.2) is 45.4 Å². The zero-order valence-electron chi connectivity index (χ0n) is 17.2. The van der Waals surface area contributed by atoms with Crippen LogP contribution >= 0.6 is 24.8 Å². The lowest BCUT2D eigenvalue weighted by Gasteiger charge is -2.24. The lowest BCUT2D eigenvalue weighted by molar-refractivity contribution is 0.360. The molecule has 2 aromatic heterocycles. The summed E-state index contributed by atoms with van der Waals surface area (Å²) < 4.78 is 2.12. The van der Waals surface area contributed by atoms with E-state index in [-0.39, 0.29) is 24.8 Å². The van der Waals surface area contributed by atoms with Gasteiger partial charge in [-0.3, -0.25) is 0 Å². The second-order valence-corrected chi connectivity index (χ2v) is 8.47. The molecular weight excluding hydrogens is 395 g/mol. The predicted molar refractivity (Wildman–Crippen MR) is 120 cm³/mol. The average molecular weight is 429 g/mol. The quantitative estimate of drug-likeness (QED) is 0.756. The molecule has 3 saturated heterocycles. The Morgan fingerprint density at radius 3 is 2.68 bits per heavy atom. The summed E-state index contributed by atoms with van der Waals surface area (Å²) in [7, 11) is 0. The Morgan fingerprint density at radius 2 is 2.00 bits per heavy atom. The van der Waals surface area contributed by atoms with E-state index in [1.807, 2.05) is 0 Å². The average Bonchev–Trinajstić information content (AvgIpc) is 2.79. The van der Waals surface area contributed by atoms with Crippen molar-refractivity contribution in [2.75, 3.05) is 24.5 Å². The summed E-state index contributed by atoms with van der Waals surface area (Å²) in [5, 5.41) is 9.87. The molecule has 8 heteroatoms. The Kier molecular flexibility index (Phi) is 8.34. The van der Waals surface area contributed by atoms with E-state index in [0.717, 1.165) is 56.4 Å². The molecule has 0 spiro atoms. The number of anilines is 1. The maximum absolute atomic E-state index is 4.97. The molecule has 1 N–H and O–H groups in total. The SMILES string of the molecule is CCCCn1nc(CC(C)C)c2c(N3C[C@H]4CC[C@@H](C3)NC4)ncnc21.Cl.Cl. The fourth-order valence-electron chi connectivity index (χ4n) is 4.41. The van der Waals surface area contributed by atoms with Gasteiger partial charge in [-0.15, -0.1) is 24.8 Å². The number of piperidine rings is 1. The van der Waals surface area contributed by atoms with Crippen molar-refractivity contribution in [1.29, 1.82) is 0 Å². The standard InChI is InChI=1S/C20H32N6.2ClH/c1-4-5-8-26-20-18(17(24-26)9-14(2)3)19(22-13-23-20)25-11-15-6-7-16(12-25)21-10-15;;/h13-16,21H,4-12H2,1-3H3;2*1H/t15-,16-;;/m0../s1. The van der Waals surface area contributed by atoms with E-state index in [9.17, 15) is 0 Å². The zero-order valence-corrected chi connectivity index (χ0v) is 18.9. The van der Waals surface area contributed by atoms with Gasteiger partial charge in [-0.2, -0.15) is 5.10 Å². The van der Waals surface area contributed by atoms with Crippen LogP contribution in [0.4, 0.5) is 5.82 Å². The summed E-state index contributed by atoms with van der Waals surface area (Å²) in [4.78, 5) is 11.9. The maximum atomic E-state index is 4.97. The molecule has 2 atom stereocenters. The molecule has 2 bridgehead atoms. The minimum atomic E-state index is 0. The van der Waals surface area contributed by atoms with Gasteiger partial charge < -0.3 is 10.2 Å². The van der Waals surface area contributed by atoms with Crippen molar-refractivity contribution in [3.05, 3.63) is 12.0 Å². The molecule has 0 aliphatic carbocycles. The highest BCUT2D eigenvalue weighted by atomic mass is 35.5. The molecular formula is C20H34Cl2N6. The summed E-state index contributed by atoms with van der Waals surface area (Å²) in [6.07, 6.45) is 7.63. The molecule has 6 nitrogen and oxygen atoms in total. The van der Waals surface area contributed by atoms with E-state index in [1.165, 1.54) is 30.3 Å². The monoisotopic (exact) mass is 428 g/mol. The van der Waals surface area contributed by atoms with E-state index in [4.69, 9.17) is 10.1 Å². The van der Waals surface area contributed by atoms with Crippen LogP contribution in [-0.2, 0) is 13.0 Å². The van der Waals surface area contributed by atoms with Gasteiger partial charge in [0.1, 0.15) is 12.1 Å². The normalized spacial score (nSPS) is 21.5. The van der Waals surface area contributed by atoms with E-state index < -0.39 is 0 Å². The van der Waals surface area contributed by atoms with Crippen molar-refractivity contribution in [2.24, 2.45) is 11.8 Å². The van der Waals surface area contributed by atoms with Crippen LogP contribution in [0.1, 0.15) is 52.1 Å². The van der Waals surface area contributed by atoms with E-state index in [2.05, 4.69) is 40.7 Å². The number of nitrogens with zero attached hydrogens (tertiary/aromatic N) is 5. The van der Waals surface area contributed by atoms with E-state index >= 15 is 0 Å². The molecule has 5 rings (SSSR count). The van der Waals surface area contributed by atoms with Crippen LogP contribution < -0.4 is 10.2 Å². The Labute approximate surface area is 180 Å². The van der Waals surface area contributed by atoms with Crippen molar-refractivity contribution in [2.45, 2.75) is 65.5 Å². The molecule has 0 aromatic carbocycles. The third-order valence-electron chi connectivity index (χ3n) is 5.74. The first-order valence-corrected chi connectivity index (χ1v) is 10.3. The van der Waals surface area contributed by atoms with Crippen LogP contribution in [0.25, 0.3) is 11.0 Å². The van der Waals surface area contributed by atoms with Crippen LogP contribution in [0, 0.1) is 11.8 Å². The summed E-state index contributed by atoms with van der Waals surface area (Å²) in [5.41, 5.74) is 2.19. The molecule has 3 aliphatic heterocycles. The van der Waals surface area contributed by atoms with Gasteiger partial charge in [-0.05, 0) is 44.1 Å². The largest absolute Gasteiger partial charge is 0.354 e. The lowest BCUT2D eigenvalue weighted by Crippen LogP contribution is -2.39. The van der Waals surface area contributed by atoms with Gasteiger partial charge in [0.15, 0.2) is 5.65 Å². The van der Waals surface area contributed by atoms with Crippen molar-refractivity contribution in [3.63, 3.8) is 0 Å². The zero-order chi connectivity index (χ0) is 18.1. The van der Waals surface area contributed by atoms with Gasteiger partial charge in [0.25, 0.3) is 0 Å². The first-order chi connectivity index (χ1) is 12.7. The van der Waals surface area contributed by atoms with Gasteiger partial charge in [0, 0.05) is 25.7 Å².